The van der Waals surface area contributed by atoms with Crippen LogP contribution in [0.5, 0.6) is 5.75 Å². The minimum Gasteiger partial charge on any atom is -0.548 e. The van der Waals surface area contributed by atoms with Gasteiger partial charge >= 0.3 is 5.97 Å². The van der Waals surface area contributed by atoms with Gasteiger partial charge in [0.2, 0.25) is 0 Å². The van der Waals surface area contributed by atoms with Gasteiger partial charge in [-0.05, 0) is 50.5 Å². The highest BCUT2D eigenvalue weighted by Gasteiger charge is 2.34. The van der Waals surface area contributed by atoms with Gasteiger partial charge in [-0.3, -0.25) is 5.32 Å². The summed E-state index contributed by atoms with van der Waals surface area (Å²) in [6.45, 7) is 5.19. The van der Waals surface area contributed by atoms with Crippen molar-refractivity contribution < 1.29 is 24.5 Å². The molecule has 2 rings (SSSR count). The fraction of sp³-hybridized carbons (Fsp3) is 0.467. The van der Waals surface area contributed by atoms with Crippen LogP contribution in [0.25, 0.3) is 0 Å². The average Bonchev–Trinajstić information content (AvgIpc) is 2.35. The predicted octanol–water partition coefficient (Wildman–Crippen LogP) is 0.0392. The van der Waals surface area contributed by atoms with E-state index in [9.17, 15) is 19.8 Å². The van der Waals surface area contributed by atoms with Crippen LogP contribution in [0.1, 0.15) is 37.9 Å². The second-order valence-corrected chi connectivity index (χ2v) is 6.09. The van der Waals surface area contributed by atoms with Crippen LogP contribution in [-0.2, 0) is 20.7 Å². The second kappa shape index (κ2) is 5.37. The van der Waals surface area contributed by atoms with Gasteiger partial charge in [-0.1, -0.05) is 6.07 Å². The first kappa shape index (κ1) is 15.3. The van der Waals surface area contributed by atoms with Gasteiger partial charge in [0.25, 0.3) is 0 Å². The van der Waals surface area contributed by atoms with Crippen molar-refractivity contribution in [3.8, 4) is 5.75 Å². The summed E-state index contributed by atoms with van der Waals surface area (Å²) >= 11 is 0. The van der Waals surface area contributed by atoms with E-state index in [1.54, 1.807) is 26.8 Å². The molecule has 1 heterocycles. The maximum absolute atomic E-state index is 12.3. The molecule has 6 nitrogen and oxygen atoms in total. The number of carboxylic acid groups (broad SMARTS) is 1. The Kier molecular flexibility index (Phi) is 3.91. The highest BCUT2D eigenvalue weighted by Crippen LogP contribution is 2.30. The van der Waals surface area contributed by atoms with E-state index in [0.717, 1.165) is 0 Å². The molecule has 6 heteroatoms. The standard InChI is InChI=1S/C15H19NO5/c1-15(2,3)21-14(20)12-10-7-9(17)5-4-8(10)6-11(16-12)13(18)19/h4-5,7,11-12,16-17H,6H2,1-3H3,(H,18,19)/p-1/t11-,12-/m0/s1. The SMILES string of the molecule is CC(C)(C)OC(=O)[C@H]1N[C@H](C(=O)[O-])Cc2ccc(O)cc21. The maximum Gasteiger partial charge on any atom is 0.328 e. The third kappa shape index (κ3) is 3.52. The minimum absolute atomic E-state index is 0.0102. The van der Waals surface area contributed by atoms with Gasteiger partial charge in [-0.25, -0.2) is 4.79 Å². The number of esters is 1. The van der Waals surface area contributed by atoms with Gasteiger partial charge in [0, 0.05) is 0 Å². The Balaban J connectivity index is 2.37. The topological polar surface area (TPSA) is 98.7 Å². The molecule has 0 saturated heterocycles. The van der Waals surface area contributed by atoms with Crippen LogP contribution in [0.4, 0.5) is 0 Å². The van der Waals surface area contributed by atoms with Crippen molar-refractivity contribution in [1.29, 1.82) is 0 Å². The lowest BCUT2D eigenvalue weighted by molar-refractivity contribution is -0.308. The summed E-state index contributed by atoms with van der Waals surface area (Å²) in [5.74, 6) is -1.85. The van der Waals surface area contributed by atoms with Crippen LogP contribution in [0, 0.1) is 0 Å². The smallest absolute Gasteiger partial charge is 0.328 e. The number of fused-ring (bicyclic) bond motifs is 1. The maximum atomic E-state index is 12.3. The Hall–Kier alpha value is -2.08. The molecule has 0 fully saturated rings. The van der Waals surface area contributed by atoms with Crippen LogP contribution in [0.15, 0.2) is 18.2 Å². The van der Waals surface area contributed by atoms with Crippen molar-refractivity contribution in [3.05, 3.63) is 29.3 Å². The number of hydrogen-bond acceptors (Lipinski definition) is 6. The molecule has 1 aliphatic rings. The summed E-state index contributed by atoms with van der Waals surface area (Å²) in [5, 5.41) is 23.4. The number of aromatic hydroxyl groups is 1. The first-order valence-electron chi connectivity index (χ1n) is 6.69. The van der Waals surface area contributed by atoms with Gasteiger partial charge < -0.3 is 19.7 Å². The lowest BCUT2D eigenvalue weighted by Crippen LogP contribution is -2.53. The lowest BCUT2D eigenvalue weighted by atomic mass is 9.90. The van der Waals surface area contributed by atoms with E-state index in [-0.39, 0.29) is 12.2 Å². The van der Waals surface area contributed by atoms with E-state index < -0.39 is 29.6 Å². The Morgan fingerprint density at radius 1 is 1.38 bits per heavy atom. The predicted molar refractivity (Wildman–Crippen MR) is 72.3 cm³/mol. The zero-order valence-electron chi connectivity index (χ0n) is 12.2. The molecule has 0 amide bonds. The van der Waals surface area contributed by atoms with Gasteiger partial charge in [-0.2, -0.15) is 0 Å². The number of phenols is 1. The Morgan fingerprint density at radius 2 is 2.05 bits per heavy atom. The molecule has 0 spiro atoms. The van der Waals surface area contributed by atoms with Crippen molar-refractivity contribution in [2.24, 2.45) is 0 Å². The van der Waals surface area contributed by atoms with Gasteiger partial charge in [0.1, 0.15) is 17.4 Å². The second-order valence-electron chi connectivity index (χ2n) is 6.09. The summed E-state index contributed by atoms with van der Waals surface area (Å²) < 4.78 is 5.31. The van der Waals surface area contributed by atoms with Crippen molar-refractivity contribution in [3.63, 3.8) is 0 Å². The van der Waals surface area contributed by atoms with Crippen molar-refractivity contribution in [2.75, 3.05) is 0 Å². The van der Waals surface area contributed by atoms with Crippen LogP contribution in [0.2, 0.25) is 0 Å². The Morgan fingerprint density at radius 3 is 2.62 bits per heavy atom. The molecule has 0 unspecified atom stereocenters. The molecular formula is C15H18NO5-. The Labute approximate surface area is 122 Å². The molecule has 1 aromatic rings. The molecule has 0 radical (unpaired) electrons. The monoisotopic (exact) mass is 292 g/mol. The van der Waals surface area contributed by atoms with E-state index in [4.69, 9.17) is 4.74 Å². The summed E-state index contributed by atoms with van der Waals surface area (Å²) in [6, 6.07) is 2.60. The van der Waals surface area contributed by atoms with Crippen LogP contribution in [0.3, 0.4) is 0 Å². The molecule has 2 N–H and O–H groups in total. The first-order valence-corrected chi connectivity index (χ1v) is 6.69. The van der Waals surface area contributed by atoms with E-state index in [1.165, 1.54) is 12.1 Å². The van der Waals surface area contributed by atoms with Crippen molar-refractivity contribution >= 4 is 11.9 Å². The van der Waals surface area contributed by atoms with Gasteiger partial charge in [0.15, 0.2) is 0 Å². The first-order chi connectivity index (χ1) is 9.67. The third-order valence-corrected chi connectivity index (χ3v) is 3.16. The fourth-order valence-corrected chi connectivity index (χ4v) is 2.31. The molecular weight excluding hydrogens is 274 g/mol. The lowest BCUT2D eigenvalue weighted by Gasteiger charge is -2.34. The highest BCUT2D eigenvalue weighted by molar-refractivity contribution is 5.82. The molecule has 1 aliphatic heterocycles. The zero-order valence-corrected chi connectivity index (χ0v) is 12.2. The Bertz CT molecular complexity index is 576. The number of ether oxygens (including phenoxy) is 1. The minimum atomic E-state index is -1.28. The number of rotatable bonds is 2. The summed E-state index contributed by atoms with van der Waals surface area (Å²) in [6.07, 6.45) is 0.192. The molecule has 0 aliphatic carbocycles. The molecule has 21 heavy (non-hydrogen) atoms. The number of carbonyl (C=O) groups excluding carboxylic acids is 2. The van der Waals surface area contributed by atoms with Crippen LogP contribution in [-0.4, -0.2) is 28.7 Å². The van der Waals surface area contributed by atoms with Crippen molar-refractivity contribution in [2.45, 2.75) is 44.9 Å². The number of nitrogens with one attached hydrogen (secondary N) is 1. The number of hydrogen-bond donors (Lipinski definition) is 2. The van der Waals surface area contributed by atoms with E-state index in [1.807, 2.05) is 0 Å². The summed E-state index contributed by atoms with van der Waals surface area (Å²) in [5.41, 5.74) is 0.517. The number of carbonyl (C=O) groups is 2. The number of benzene rings is 1. The number of aliphatic carboxylic acids is 1. The fourth-order valence-electron chi connectivity index (χ4n) is 2.31. The average molecular weight is 292 g/mol. The van der Waals surface area contributed by atoms with Gasteiger partial charge in [-0.15, -0.1) is 0 Å². The summed E-state index contributed by atoms with van der Waals surface area (Å²) in [4.78, 5) is 23.4. The van der Waals surface area contributed by atoms with Crippen LogP contribution < -0.4 is 10.4 Å². The van der Waals surface area contributed by atoms with Crippen molar-refractivity contribution in [1.82, 2.24) is 5.32 Å². The number of carboxylic acids is 1. The summed E-state index contributed by atoms with van der Waals surface area (Å²) in [7, 11) is 0. The number of phenolic OH excluding ortho intramolecular Hbond substituents is 1. The van der Waals surface area contributed by atoms with E-state index in [2.05, 4.69) is 5.32 Å². The molecule has 2 atom stereocenters. The zero-order chi connectivity index (χ0) is 15.8. The van der Waals surface area contributed by atoms with Gasteiger partial charge in [0.05, 0.1) is 12.0 Å². The molecule has 1 aromatic carbocycles. The molecule has 114 valence electrons. The molecule has 0 bridgehead atoms. The molecule has 0 saturated carbocycles. The van der Waals surface area contributed by atoms with E-state index in [0.29, 0.717) is 11.1 Å². The quantitative estimate of drug-likeness (QED) is 0.747. The third-order valence-electron chi connectivity index (χ3n) is 3.16. The van der Waals surface area contributed by atoms with Crippen LogP contribution >= 0.6 is 0 Å². The van der Waals surface area contributed by atoms with E-state index >= 15 is 0 Å². The normalized spacial score (nSPS) is 21.5. The largest absolute Gasteiger partial charge is 0.548 e. The molecule has 0 aromatic heterocycles. The highest BCUT2D eigenvalue weighted by atomic mass is 16.6.